The van der Waals surface area contributed by atoms with Crippen molar-refractivity contribution in [2.45, 2.75) is 6.04 Å². The van der Waals surface area contributed by atoms with Crippen LogP contribution in [0, 0.1) is 0 Å². The molecular formula is C7H10N4O. The lowest BCUT2D eigenvalue weighted by molar-refractivity contribution is 0.218. The first-order chi connectivity index (χ1) is 5.77. The van der Waals surface area contributed by atoms with Crippen LogP contribution in [-0.2, 0) is 0 Å². The van der Waals surface area contributed by atoms with E-state index < -0.39 is 0 Å². The number of primary amides is 1. The molecule has 1 saturated heterocycles. The van der Waals surface area contributed by atoms with E-state index >= 15 is 0 Å². The van der Waals surface area contributed by atoms with E-state index in [1.165, 1.54) is 0 Å². The number of carbonyl (C=O) groups excluding carboxylic acids is 1. The van der Waals surface area contributed by atoms with Crippen molar-refractivity contribution in [3.8, 4) is 0 Å². The number of fused-ring (bicyclic) bond motifs is 1. The summed E-state index contributed by atoms with van der Waals surface area (Å²) >= 11 is 0. The molecule has 3 N–H and O–H groups in total. The van der Waals surface area contributed by atoms with Gasteiger partial charge in [-0.25, -0.2) is 9.79 Å². The van der Waals surface area contributed by atoms with Gasteiger partial charge in [-0.05, 0) is 5.57 Å². The van der Waals surface area contributed by atoms with Gasteiger partial charge in [0.2, 0.25) is 0 Å². The zero-order valence-electron chi connectivity index (χ0n) is 6.53. The molecule has 0 aromatic heterocycles. The second-order valence-electron chi connectivity index (χ2n) is 2.92. The van der Waals surface area contributed by atoms with Crippen LogP contribution in [0.5, 0.6) is 0 Å². The summed E-state index contributed by atoms with van der Waals surface area (Å²) in [5.74, 6) is 0. The number of nitrogens with two attached hydrogens (primary N) is 1. The van der Waals surface area contributed by atoms with Gasteiger partial charge in [-0.15, -0.1) is 0 Å². The first kappa shape index (κ1) is 7.15. The number of urea groups is 1. The molecule has 5 nitrogen and oxygen atoms in total. The average Bonchev–Trinajstić information content (AvgIpc) is 2.46. The highest BCUT2D eigenvalue weighted by Crippen LogP contribution is 2.16. The van der Waals surface area contributed by atoms with Crippen LogP contribution in [-0.4, -0.2) is 36.4 Å². The molecule has 0 aromatic carbocycles. The maximum Gasteiger partial charge on any atom is 0.315 e. The van der Waals surface area contributed by atoms with E-state index in [0.717, 1.165) is 5.57 Å². The maximum absolute atomic E-state index is 10.8. The van der Waals surface area contributed by atoms with Gasteiger partial charge in [-0.2, -0.15) is 0 Å². The number of rotatable bonds is 0. The van der Waals surface area contributed by atoms with Gasteiger partial charge in [0.15, 0.2) is 0 Å². The minimum atomic E-state index is -0.368. The van der Waals surface area contributed by atoms with E-state index in [0.29, 0.717) is 13.1 Å². The van der Waals surface area contributed by atoms with Crippen LogP contribution >= 0.6 is 0 Å². The summed E-state index contributed by atoms with van der Waals surface area (Å²) in [6, 6.07) is -0.151. The molecule has 64 valence electrons. The summed E-state index contributed by atoms with van der Waals surface area (Å²) in [5.41, 5.74) is 6.26. The smallest absolute Gasteiger partial charge is 0.315 e. The predicted molar refractivity (Wildman–Crippen MR) is 44.7 cm³/mol. The molecule has 2 amide bonds. The molecule has 2 rings (SSSR count). The Morgan fingerprint density at radius 3 is 3.33 bits per heavy atom. The van der Waals surface area contributed by atoms with E-state index in [4.69, 9.17) is 5.73 Å². The molecule has 0 aromatic rings. The number of amides is 2. The van der Waals surface area contributed by atoms with Gasteiger partial charge in [0.25, 0.3) is 0 Å². The molecule has 1 atom stereocenters. The molecule has 2 aliphatic heterocycles. The van der Waals surface area contributed by atoms with Crippen molar-refractivity contribution in [2.24, 2.45) is 10.7 Å². The third kappa shape index (κ3) is 1.03. The minimum Gasteiger partial charge on any atom is -0.368 e. The van der Waals surface area contributed by atoms with Crippen molar-refractivity contribution in [3.05, 3.63) is 11.8 Å². The normalized spacial score (nSPS) is 26.2. The van der Waals surface area contributed by atoms with Gasteiger partial charge < -0.3 is 16.0 Å². The Morgan fingerprint density at radius 1 is 1.83 bits per heavy atom. The molecule has 0 aliphatic carbocycles. The summed E-state index contributed by atoms with van der Waals surface area (Å²) in [4.78, 5) is 16.3. The van der Waals surface area contributed by atoms with Crippen LogP contribution in [0.4, 0.5) is 4.79 Å². The number of likely N-dealkylation sites (tertiary alicyclic amines) is 1. The van der Waals surface area contributed by atoms with Crippen LogP contribution in [0.1, 0.15) is 0 Å². The zero-order chi connectivity index (χ0) is 8.55. The highest BCUT2D eigenvalue weighted by molar-refractivity contribution is 5.74. The monoisotopic (exact) mass is 166 g/mol. The van der Waals surface area contributed by atoms with Crippen molar-refractivity contribution in [1.82, 2.24) is 10.2 Å². The Morgan fingerprint density at radius 2 is 2.67 bits per heavy atom. The van der Waals surface area contributed by atoms with Crippen LogP contribution in [0.2, 0.25) is 0 Å². The number of nitrogens with one attached hydrogen (secondary N) is 1. The molecule has 0 bridgehead atoms. The fourth-order valence-corrected chi connectivity index (χ4v) is 1.46. The lowest BCUT2D eigenvalue weighted by Gasteiger charge is -2.13. The first-order valence-electron chi connectivity index (χ1n) is 3.78. The molecular weight excluding hydrogens is 156 g/mol. The van der Waals surface area contributed by atoms with Crippen LogP contribution in [0.25, 0.3) is 0 Å². The van der Waals surface area contributed by atoms with Gasteiger partial charge in [0.05, 0.1) is 12.4 Å². The molecule has 2 aliphatic rings. The van der Waals surface area contributed by atoms with Gasteiger partial charge in [0.1, 0.15) is 0 Å². The minimum absolute atomic E-state index is 0.218. The molecule has 12 heavy (non-hydrogen) atoms. The van der Waals surface area contributed by atoms with Crippen molar-refractivity contribution >= 4 is 12.4 Å². The summed E-state index contributed by atoms with van der Waals surface area (Å²) in [7, 11) is 0. The molecule has 0 radical (unpaired) electrons. The van der Waals surface area contributed by atoms with E-state index in [2.05, 4.69) is 10.3 Å². The molecule has 0 spiro atoms. The Bertz CT molecular complexity index is 271. The average molecular weight is 166 g/mol. The molecule has 0 saturated carbocycles. The van der Waals surface area contributed by atoms with E-state index in [1.54, 1.807) is 17.4 Å². The molecule has 2 heterocycles. The first-order valence-corrected chi connectivity index (χ1v) is 3.78. The zero-order valence-corrected chi connectivity index (χ0v) is 6.53. The predicted octanol–water partition coefficient (Wildman–Crippen LogP) is -0.735. The highest BCUT2D eigenvalue weighted by atomic mass is 16.2. The third-order valence-corrected chi connectivity index (χ3v) is 2.13. The topological polar surface area (TPSA) is 70.7 Å². The lowest BCUT2D eigenvalue weighted by Crippen LogP contribution is -2.37. The summed E-state index contributed by atoms with van der Waals surface area (Å²) in [5, 5.41) is 3.06. The SMILES string of the molecule is NC(=O)N1CC2=CN=CNC2C1. The van der Waals surface area contributed by atoms with E-state index in [9.17, 15) is 4.79 Å². The number of nitrogens with zero attached hydrogens (tertiary/aromatic N) is 2. The van der Waals surface area contributed by atoms with Crippen LogP contribution in [0.3, 0.4) is 0 Å². The Labute approximate surface area is 69.9 Å². The van der Waals surface area contributed by atoms with Crippen molar-refractivity contribution in [2.75, 3.05) is 13.1 Å². The second-order valence-corrected chi connectivity index (χ2v) is 2.92. The Hall–Kier alpha value is -1.52. The maximum atomic E-state index is 10.8. The number of hydrogen-bond acceptors (Lipinski definition) is 3. The highest BCUT2D eigenvalue weighted by Gasteiger charge is 2.29. The van der Waals surface area contributed by atoms with Gasteiger partial charge in [-0.3, -0.25) is 0 Å². The fourth-order valence-electron chi connectivity index (χ4n) is 1.46. The quantitative estimate of drug-likeness (QED) is 0.497. The Balaban J connectivity index is 2.12. The summed E-state index contributed by atoms with van der Waals surface area (Å²) in [6.45, 7) is 1.25. The number of aliphatic imine (C=N–C) groups is 1. The standard InChI is InChI=1S/C7H10N4O/c8-7(12)11-2-5-1-9-4-10-6(5)3-11/h1,4,6H,2-3H2,(H2,8,12)(H,9,10). The fraction of sp³-hybridized carbons (Fsp3) is 0.429. The molecule has 1 unspecified atom stereocenters. The molecule has 5 heteroatoms. The van der Waals surface area contributed by atoms with Crippen molar-refractivity contribution < 1.29 is 4.79 Å². The third-order valence-electron chi connectivity index (χ3n) is 2.13. The Kier molecular flexibility index (Phi) is 1.49. The van der Waals surface area contributed by atoms with Crippen LogP contribution in [0.15, 0.2) is 16.8 Å². The van der Waals surface area contributed by atoms with Crippen LogP contribution < -0.4 is 11.1 Å². The number of hydrogen-bond donors (Lipinski definition) is 2. The molecule has 1 fully saturated rings. The largest absolute Gasteiger partial charge is 0.368 e. The second kappa shape index (κ2) is 2.51. The number of carbonyl (C=O) groups is 1. The van der Waals surface area contributed by atoms with E-state index in [-0.39, 0.29) is 12.1 Å². The summed E-state index contributed by atoms with van der Waals surface area (Å²) < 4.78 is 0. The van der Waals surface area contributed by atoms with Crippen molar-refractivity contribution in [1.29, 1.82) is 0 Å². The van der Waals surface area contributed by atoms with Crippen molar-refractivity contribution in [3.63, 3.8) is 0 Å². The van der Waals surface area contributed by atoms with Gasteiger partial charge in [-0.1, -0.05) is 0 Å². The van der Waals surface area contributed by atoms with E-state index in [1.807, 2.05) is 0 Å². The lowest BCUT2D eigenvalue weighted by atomic mass is 10.1. The summed E-state index contributed by atoms with van der Waals surface area (Å²) in [6.07, 6.45) is 3.42. The van der Waals surface area contributed by atoms with Gasteiger partial charge >= 0.3 is 6.03 Å². The van der Waals surface area contributed by atoms with Gasteiger partial charge in [0, 0.05) is 19.3 Å².